The summed E-state index contributed by atoms with van der Waals surface area (Å²) in [5.41, 5.74) is 0. The van der Waals surface area contributed by atoms with Gasteiger partial charge in [0.15, 0.2) is 0 Å². The fraction of sp³-hybridized carbons (Fsp3) is 1.00. The van der Waals surface area contributed by atoms with Crippen molar-refractivity contribution in [1.29, 1.82) is 0 Å². The van der Waals surface area contributed by atoms with Crippen LogP contribution in [0.1, 0.15) is 71.1 Å². The van der Waals surface area contributed by atoms with Gasteiger partial charge in [-0.2, -0.15) is 5.06 Å². The van der Waals surface area contributed by atoms with Gasteiger partial charge in [-0.1, -0.05) is 58.3 Å². The third kappa shape index (κ3) is 6.49. The highest BCUT2D eigenvalue weighted by Gasteiger charge is 2.19. The van der Waals surface area contributed by atoms with Gasteiger partial charge in [-0.15, -0.1) is 0 Å². The van der Waals surface area contributed by atoms with Gasteiger partial charge in [-0.25, -0.2) is 0 Å². The van der Waals surface area contributed by atoms with Gasteiger partial charge in [-0.05, 0) is 12.8 Å². The summed E-state index contributed by atoms with van der Waals surface area (Å²) < 4.78 is 0. The lowest BCUT2D eigenvalue weighted by molar-refractivity contribution is -0.128. The highest BCUT2D eigenvalue weighted by Crippen LogP contribution is 2.18. The molecule has 0 amide bonds. The first-order valence-corrected chi connectivity index (χ1v) is 7.21. The number of nitrogens with zero attached hydrogens (tertiary/aromatic N) is 1. The molecule has 1 atom stereocenters. The van der Waals surface area contributed by atoms with Crippen LogP contribution in [0.2, 0.25) is 0 Å². The predicted molar refractivity (Wildman–Crippen MR) is 69.3 cm³/mol. The second kappa shape index (κ2) is 9.00. The minimum Gasteiger partial charge on any atom is -0.296 e. The van der Waals surface area contributed by atoms with Gasteiger partial charge < -0.3 is 0 Å². The quantitative estimate of drug-likeness (QED) is 0.549. The molecule has 0 radical (unpaired) electrons. The largest absolute Gasteiger partial charge is 0.296 e. The number of rotatable bonds is 9. The first-order chi connectivity index (χ1) is 7.83. The molecule has 1 unspecified atom stereocenters. The molecule has 1 rings (SSSR count). The Morgan fingerprint density at radius 2 is 1.62 bits per heavy atom. The van der Waals surface area contributed by atoms with Crippen LogP contribution in [0.3, 0.4) is 0 Å². The zero-order valence-electron chi connectivity index (χ0n) is 11.2. The molecule has 0 aromatic heterocycles. The molecule has 1 fully saturated rings. The molecule has 2 heteroatoms. The highest BCUT2D eigenvalue weighted by molar-refractivity contribution is 4.64. The van der Waals surface area contributed by atoms with E-state index < -0.39 is 0 Å². The molecule has 2 nitrogen and oxygen atoms in total. The zero-order chi connectivity index (χ0) is 11.6. The first kappa shape index (κ1) is 14.0. The Hall–Kier alpha value is -0.0800. The first-order valence-electron chi connectivity index (χ1n) is 7.21. The molecule has 0 aromatic carbocycles. The molecule has 1 aliphatic heterocycles. The Morgan fingerprint density at radius 3 is 2.19 bits per heavy atom. The van der Waals surface area contributed by atoms with Crippen molar-refractivity contribution in [2.75, 3.05) is 13.6 Å². The van der Waals surface area contributed by atoms with Crippen molar-refractivity contribution in [3.8, 4) is 0 Å². The van der Waals surface area contributed by atoms with E-state index in [-0.39, 0.29) is 0 Å². The van der Waals surface area contributed by atoms with Crippen molar-refractivity contribution in [3.05, 3.63) is 0 Å². The predicted octanol–water partition coefficient (Wildman–Crippen LogP) is 4.15. The second-order valence-corrected chi connectivity index (χ2v) is 5.13. The molecule has 0 N–H and O–H groups in total. The number of hydroxylamine groups is 2. The molecule has 0 bridgehead atoms. The Bertz CT molecular complexity index is 161. The molecule has 1 aliphatic rings. The van der Waals surface area contributed by atoms with E-state index in [0.717, 1.165) is 6.54 Å². The van der Waals surface area contributed by atoms with Crippen molar-refractivity contribution in [2.45, 2.75) is 77.2 Å². The van der Waals surface area contributed by atoms with Gasteiger partial charge in [0.1, 0.15) is 0 Å². The van der Waals surface area contributed by atoms with E-state index >= 15 is 0 Å². The van der Waals surface area contributed by atoms with Crippen LogP contribution in [-0.4, -0.2) is 24.8 Å². The summed E-state index contributed by atoms with van der Waals surface area (Å²) in [4.78, 5) is 5.65. The van der Waals surface area contributed by atoms with E-state index in [0.29, 0.717) is 6.10 Å². The zero-order valence-corrected chi connectivity index (χ0v) is 11.2. The van der Waals surface area contributed by atoms with Crippen LogP contribution in [0.15, 0.2) is 0 Å². The van der Waals surface area contributed by atoms with E-state index in [2.05, 4.69) is 6.92 Å². The minimum atomic E-state index is 0.519. The van der Waals surface area contributed by atoms with Gasteiger partial charge >= 0.3 is 0 Å². The van der Waals surface area contributed by atoms with E-state index in [1.165, 1.54) is 64.2 Å². The van der Waals surface area contributed by atoms with Gasteiger partial charge in [0.2, 0.25) is 0 Å². The van der Waals surface area contributed by atoms with E-state index in [1.54, 1.807) is 0 Å². The van der Waals surface area contributed by atoms with Gasteiger partial charge in [-0.3, -0.25) is 4.84 Å². The maximum absolute atomic E-state index is 5.65. The molecule has 0 aliphatic carbocycles. The third-order valence-electron chi connectivity index (χ3n) is 3.47. The van der Waals surface area contributed by atoms with Crippen molar-refractivity contribution in [1.82, 2.24) is 5.06 Å². The standard InChI is InChI=1S/C14H29NO/c1-3-4-5-6-7-8-9-10-11-14-12-13-15(2)16-14/h14H,3-13H2,1-2H3. The summed E-state index contributed by atoms with van der Waals surface area (Å²) in [6, 6.07) is 0. The normalized spacial score (nSPS) is 21.8. The van der Waals surface area contributed by atoms with Gasteiger partial charge in [0.25, 0.3) is 0 Å². The van der Waals surface area contributed by atoms with E-state index in [1.807, 2.05) is 12.1 Å². The lowest BCUT2D eigenvalue weighted by atomic mass is 10.0. The summed E-state index contributed by atoms with van der Waals surface area (Å²) >= 11 is 0. The van der Waals surface area contributed by atoms with Crippen LogP contribution in [0.5, 0.6) is 0 Å². The summed E-state index contributed by atoms with van der Waals surface area (Å²) in [6.45, 7) is 3.39. The van der Waals surface area contributed by atoms with Crippen LogP contribution >= 0.6 is 0 Å². The summed E-state index contributed by atoms with van der Waals surface area (Å²) in [7, 11) is 2.04. The van der Waals surface area contributed by atoms with Crippen LogP contribution < -0.4 is 0 Å². The monoisotopic (exact) mass is 227 g/mol. The Labute approximate surface area is 101 Å². The Morgan fingerprint density at radius 1 is 1.00 bits per heavy atom. The molecule has 96 valence electrons. The fourth-order valence-corrected chi connectivity index (χ4v) is 2.39. The maximum Gasteiger partial charge on any atom is 0.0806 e. The highest BCUT2D eigenvalue weighted by atomic mass is 16.7. The second-order valence-electron chi connectivity index (χ2n) is 5.13. The Balaban J connectivity index is 1.78. The van der Waals surface area contributed by atoms with Crippen LogP contribution in [-0.2, 0) is 4.84 Å². The van der Waals surface area contributed by atoms with Crippen LogP contribution in [0.25, 0.3) is 0 Å². The molecule has 16 heavy (non-hydrogen) atoms. The smallest absolute Gasteiger partial charge is 0.0806 e. The molecular formula is C14H29NO. The minimum absolute atomic E-state index is 0.519. The molecular weight excluding hydrogens is 198 g/mol. The van der Waals surface area contributed by atoms with Crippen molar-refractivity contribution < 1.29 is 4.84 Å². The molecule has 1 heterocycles. The summed E-state index contributed by atoms with van der Waals surface area (Å²) in [5, 5.41) is 1.98. The lowest BCUT2D eigenvalue weighted by Gasteiger charge is -2.10. The lowest BCUT2D eigenvalue weighted by Crippen LogP contribution is -2.13. The molecule has 1 saturated heterocycles. The van der Waals surface area contributed by atoms with Crippen LogP contribution in [0.4, 0.5) is 0 Å². The molecule has 0 aromatic rings. The fourth-order valence-electron chi connectivity index (χ4n) is 2.39. The summed E-state index contributed by atoms with van der Waals surface area (Å²) in [6.07, 6.45) is 14.3. The maximum atomic E-state index is 5.65. The van der Waals surface area contributed by atoms with Crippen molar-refractivity contribution in [3.63, 3.8) is 0 Å². The third-order valence-corrected chi connectivity index (χ3v) is 3.47. The van der Waals surface area contributed by atoms with Gasteiger partial charge in [0.05, 0.1) is 6.10 Å². The molecule has 0 spiro atoms. The SMILES string of the molecule is CCCCCCCCCCC1CCN(C)O1. The average Bonchev–Trinajstić information content (AvgIpc) is 2.68. The van der Waals surface area contributed by atoms with Gasteiger partial charge in [0, 0.05) is 13.6 Å². The Kier molecular flexibility index (Phi) is 7.87. The van der Waals surface area contributed by atoms with E-state index in [4.69, 9.17) is 4.84 Å². The number of unbranched alkanes of at least 4 members (excludes halogenated alkanes) is 7. The molecule has 0 saturated carbocycles. The van der Waals surface area contributed by atoms with Crippen LogP contribution in [0, 0.1) is 0 Å². The number of hydrogen-bond acceptors (Lipinski definition) is 2. The average molecular weight is 227 g/mol. The van der Waals surface area contributed by atoms with Crippen molar-refractivity contribution in [2.24, 2.45) is 0 Å². The van der Waals surface area contributed by atoms with E-state index in [9.17, 15) is 0 Å². The van der Waals surface area contributed by atoms with Crippen molar-refractivity contribution >= 4 is 0 Å². The summed E-state index contributed by atoms with van der Waals surface area (Å²) in [5.74, 6) is 0. The topological polar surface area (TPSA) is 12.5 Å². The number of hydrogen-bond donors (Lipinski definition) is 0.